The fourth-order valence-corrected chi connectivity index (χ4v) is 3.24. The maximum absolute atomic E-state index is 13.6. The summed E-state index contributed by atoms with van der Waals surface area (Å²) in [5.41, 5.74) is 0.415. The fraction of sp³-hybridized carbons (Fsp3) is 0.381. The number of hydrogen-bond acceptors (Lipinski definition) is 5. The molecule has 3 rings (SSSR count). The van der Waals surface area contributed by atoms with Gasteiger partial charge in [0.15, 0.2) is 11.6 Å². The molecular formula is C21H26FN5O. The second kappa shape index (κ2) is 9.30. The lowest BCUT2D eigenvalue weighted by molar-refractivity contribution is -0.126. The first-order valence-corrected chi connectivity index (χ1v) is 9.67. The van der Waals surface area contributed by atoms with Crippen LogP contribution in [0, 0.1) is 5.82 Å². The Morgan fingerprint density at radius 2 is 1.79 bits per heavy atom. The van der Waals surface area contributed by atoms with Gasteiger partial charge in [0.25, 0.3) is 0 Å². The van der Waals surface area contributed by atoms with E-state index in [9.17, 15) is 9.18 Å². The van der Waals surface area contributed by atoms with Crippen molar-refractivity contribution in [1.29, 1.82) is 0 Å². The van der Waals surface area contributed by atoms with Crippen LogP contribution < -0.4 is 9.80 Å². The quantitative estimate of drug-likeness (QED) is 0.718. The van der Waals surface area contributed by atoms with Gasteiger partial charge < -0.3 is 14.7 Å². The van der Waals surface area contributed by atoms with E-state index in [0.29, 0.717) is 31.7 Å². The average Bonchev–Trinajstić information content (AvgIpc) is 2.74. The summed E-state index contributed by atoms with van der Waals surface area (Å²) in [7, 11) is 0. The van der Waals surface area contributed by atoms with Gasteiger partial charge in [-0.3, -0.25) is 4.79 Å². The summed E-state index contributed by atoms with van der Waals surface area (Å²) in [6.07, 6.45) is 2.97. The van der Waals surface area contributed by atoms with E-state index in [0.717, 1.165) is 24.7 Å². The van der Waals surface area contributed by atoms with E-state index in [1.807, 2.05) is 12.1 Å². The maximum Gasteiger partial charge on any atom is 0.246 e. The number of halogens is 1. The van der Waals surface area contributed by atoms with Gasteiger partial charge in [0, 0.05) is 50.9 Å². The van der Waals surface area contributed by atoms with Crippen LogP contribution in [0.5, 0.6) is 0 Å². The highest BCUT2D eigenvalue weighted by molar-refractivity contribution is 5.92. The van der Waals surface area contributed by atoms with Crippen LogP contribution in [0.25, 0.3) is 6.08 Å². The molecule has 0 radical (unpaired) electrons. The van der Waals surface area contributed by atoms with Crippen molar-refractivity contribution < 1.29 is 9.18 Å². The number of carbonyl (C=O) groups is 1. The van der Waals surface area contributed by atoms with Gasteiger partial charge in [-0.2, -0.15) is 0 Å². The molecule has 0 atom stereocenters. The van der Waals surface area contributed by atoms with Crippen molar-refractivity contribution in [2.45, 2.75) is 13.8 Å². The summed E-state index contributed by atoms with van der Waals surface area (Å²) in [6.45, 7) is 8.56. The molecule has 0 spiro atoms. The van der Waals surface area contributed by atoms with E-state index in [1.165, 1.54) is 18.2 Å². The van der Waals surface area contributed by atoms with Crippen LogP contribution >= 0.6 is 0 Å². The largest absolute Gasteiger partial charge is 0.356 e. The van der Waals surface area contributed by atoms with Gasteiger partial charge in [-0.25, -0.2) is 4.39 Å². The van der Waals surface area contributed by atoms with Crippen LogP contribution in [0.1, 0.15) is 19.4 Å². The molecule has 0 unspecified atom stereocenters. The summed E-state index contributed by atoms with van der Waals surface area (Å²) < 4.78 is 13.6. The van der Waals surface area contributed by atoms with Crippen molar-refractivity contribution in [3.05, 3.63) is 53.9 Å². The molecule has 1 fully saturated rings. The van der Waals surface area contributed by atoms with Gasteiger partial charge in [-0.1, -0.05) is 18.2 Å². The fourth-order valence-electron chi connectivity index (χ4n) is 3.24. The Morgan fingerprint density at radius 3 is 2.39 bits per heavy atom. The van der Waals surface area contributed by atoms with Gasteiger partial charge in [0.2, 0.25) is 5.91 Å². The molecule has 7 heteroatoms. The molecule has 1 amide bonds. The van der Waals surface area contributed by atoms with Gasteiger partial charge in [0.05, 0.1) is 0 Å². The molecule has 0 saturated carbocycles. The molecule has 0 bridgehead atoms. The third-order valence-electron chi connectivity index (χ3n) is 4.95. The van der Waals surface area contributed by atoms with Crippen LogP contribution in [0.2, 0.25) is 0 Å². The van der Waals surface area contributed by atoms with Crippen LogP contribution in [-0.2, 0) is 4.79 Å². The maximum atomic E-state index is 13.6. The van der Waals surface area contributed by atoms with Crippen molar-refractivity contribution in [3.8, 4) is 0 Å². The van der Waals surface area contributed by atoms with Gasteiger partial charge in [0.1, 0.15) is 5.82 Å². The first kappa shape index (κ1) is 19.8. The molecule has 0 N–H and O–H groups in total. The van der Waals surface area contributed by atoms with Gasteiger partial charge in [-0.05, 0) is 38.1 Å². The predicted octanol–water partition coefficient (Wildman–Crippen LogP) is 2.82. The monoisotopic (exact) mass is 383 g/mol. The smallest absolute Gasteiger partial charge is 0.246 e. The molecule has 6 nitrogen and oxygen atoms in total. The number of aromatic nitrogens is 2. The number of amides is 1. The van der Waals surface area contributed by atoms with Crippen molar-refractivity contribution in [3.63, 3.8) is 0 Å². The highest BCUT2D eigenvalue weighted by Gasteiger charge is 2.21. The molecule has 1 aliphatic rings. The lowest BCUT2D eigenvalue weighted by Crippen LogP contribution is -2.48. The molecule has 1 aromatic carbocycles. The summed E-state index contributed by atoms with van der Waals surface area (Å²) >= 11 is 0. The molecular weight excluding hydrogens is 357 g/mol. The van der Waals surface area contributed by atoms with E-state index in [4.69, 9.17) is 0 Å². The number of anilines is 2. The molecule has 2 aromatic rings. The summed E-state index contributed by atoms with van der Waals surface area (Å²) in [5.74, 6) is 1.26. The number of carbonyl (C=O) groups excluding carboxylic acids is 1. The van der Waals surface area contributed by atoms with Crippen LogP contribution in [0.3, 0.4) is 0 Å². The molecule has 148 valence electrons. The van der Waals surface area contributed by atoms with Gasteiger partial charge >= 0.3 is 0 Å². The zero-order chi connectivity index (χ0) is 19.9. The molecule has 1 aromatic heterocycles. The van der Waals surface area contributed by atoms with E-state index >= 15 is 0 Å². The third kappa shape index (κ3) is 4.65. The number of benzene rings is 1. The zero-order valence-corrected chi connectivity index (χ0v) is 16.4. The lowest BCUT2D eigenvalue weighted by Gasteiger charge is -2.34. The Morgan fingerprint density at radius 1 is 1.07 bits per heavy atom. The van der Waals surface area contributed by atoms with Crippen molar-refractivity contribution >= 4 is 23.6 Å². The second-order valence-electron chi connectivity index (χ2n) is 6.59. The zero-order valence-electron chi connectivity index (χ0n) is 16.4. The van der Waals surface area contributed by atoms with Crippen LogP contribution in [0.15, 0.2) is 42.5 Å². The first-order chi connectivity index (χ1) is 13.6. The van der Waals surface area contributed by atoms with Crippen molar-refractivity contribution in [2.75, 3.05) is 49.1 Å². The first-order valence-electron chi connectivity index (χ1n) is 9.67. The summed E-state index contributed by atoms with van der Waals surface area (Å²) in [6, 6.07) is 10.4. The Balaban J connectivity index is 1.55. The lowest BCUT2D eigenvalue weighted by atomic mass is 10.2. The predicted molar refractivity (Wildman–Crippen MR) is 110 cm³/mol. The minimum atomic E-state index is -0.330. The summed E-state index contributed by atoms with van der Waals surface area (Å²) in [5, 5.41) is 8.68. The number of rotatable bonds is 6. The Kier molecular flexibility index (Phi) is 6.57. The van der Waals surface area contributed by atoms with E-state index in [2.05, 4.69) is 33.8 Å². The second-order valence-corrected chi connectivity index (χ2v) is 6.59. The minimum absolute atomic E-state index is 0.106. The highest BCUT2D eigenvalue weighted by Crippen LogP contribution is 2.17. The minimum Gasteiger partial charge on any atom is -0.356 e. The van der Waals surface area contributed by atoms with Gasteiger partial charge in [-0.15, -0.1) is 10.2 Å². The Bertz CT molecular complexity index is 812. The molecule has 1 saturated heterocycles. The Hall–Kier alpha value is -2.96. The number of piperazine rings is 1. The molecule has 1 aliphatic heterocycles. The van der Waals surface area contributed by atoms with E-state index in [1.54, 1.807) is 23.1 Å². The highest BCUT2D eigenvalue weighted by atomic mass is 19.1. The standard InChI is InChI=1S/C21H26FN5O/c1-3-25(4-2)19-10-11-20(24-23-19)26-13-15-27(16-14-26)21(28)12-9-17-7-5-6-8-18(17)22/h5-12H,3-4,13-16H2,1-2H3/b12-9+. The molecule has 28 heavy (non-hydrogen) atoms. The number of hydrogen-bond donors (Lipinski definition) is 0. The number of nitrogens with zero attached hydrogens (tertiary/aromatic N) is 5. The third-order valence-corrected chi connectivity index (χ3v) is 4.95. The van der Waals surface area contributed by atoms with E-state index in [-0.39, 0.29) is 11.7 Å². The van der Waals surface area contributed by atoms with Crippen molar-refractivity contribution in [1.82, 2.24) is 15.1 Å². The van der Waals surface area contributed by atoms with Crippen LogP contribution in [-0.4, -0.2) is 60.3 Å². The van der Waals surface area contributed by atoms with Crippen LogP contribution in [0.4, 0.5) is 16.0 Å². The Labute approximate surface area is 165 Å². The summed E-state index contributed by atoms with van der Waals surface area (Å²) in [4.78, 5) is 18.4. The normalized spacial score (nSPS) is 14.5. The van der Waals surface area contributed by atoms with Crippen molar-refractivity contribution in [2.24, 2.45) is 0 Å². The molecule has 2 heterocycles. The average molecular weight is 383 g/mol. The van der Waals surface area contributed by atoms with E-state index < -0.39 is 0 Å². The SMILES string of the molecule is CCN(CC)c1ccc(N2CCN(C(=O)/C=C/c3ccccc3F)CC2)nn1. The topological polar surface area (TPSA) is 52.6 Å². The molecule has 0 aliphatic carbocycles.